The highest BCUT2D eigenvalue weighted by Crippen LogP contribution is 2.30. The molecule has 0 bridgehead atoms. The van der Waals surface area contributed by atoms with Gasteiger partial charge < -0.3 is 14.5 Å². The number of carbonyl (C=O) groups is 1. The van der Waals surface area contributed by atoms with Gasteiger partial charge in [-0.2, -0.15) is 0 Å². The Labute approximate surface area is 212 Å². The molecule has 1 aliphatic rings. The van der Waals surface area contributed by atoms with Crippen molar-refractivity contribution in [2.75, 3.05) is 26.2 Å². The summed E-state index contributed by atoms with van der Waals surface area (Å²) in [6, 6.07) is 28.4. The minimum Gasteiger partial charge on any atom is -0.550 e. The van der Waals surface area contributed by atoms with Crippen molar-refractivity contribution in [3.8, 4) is 0 Å². The van der Waals surface area contributed by atoms with E-state index in [0.717, 1.165) is 49.6 Å². The molecule has 1 aliphatic heterocycles. The highest BCUT2D eigenvalue weighted by molar-refractivity contribution is 5.77. The van der Waals surface area contributed by atoms with Gasteiger partial charge in [-0.15, -0.1) is 0 Å². The minimum atomic E-state index is -1.00. The van der Waals surface area contributed by atoms with Crippen LogP contribution in [0.2, 0.25) is 0 Å². The summed E-state index contributed by atoms with van der Waals surface area (Å²) in [5, 5.41) is 10.8. The molecule has 1 aromatic heterocycles. The first-order valence-corrected chi connectivity index (χ1v) is 12.8. The Morgan fingerprint density at radius 2 is 1.56 bits per heavy atom. The van der Waals surface area contributed by atoms with Crippen molar-refractivity contribution in [2.45, 2.75) is 38.9 Å². The molecule has 2 heterocycles. The summed E-state index contributed by atoms with van der Waals surface area (Å²) in [6.45, 7) is 7.60. The number of aryl methyl sites for hydroxylation is 2. The third-order valence-corrected chi connectivity index (χ3v) is 7.17. The lowest BCUT2D eigenvalue weighted by Crippen LogP contribution is -2.47. The van der Waals surface area contributed by atoms with Crippen LogP contribution in [-0.4, -0.2) is 51.5 Å². The second kappa shape index (κ2) is 11.1. The van der Waals surface area contributed by atoms with Gasteiger partial charge >= 0.3 is 0 Å². The molecule has 4 aromatic rings. The lowest BCUT2D eigenvalue weighted by Gasteiger charge is -2.39. The number of carbonyl (C=O) groups excluding carboxylic acids is 1. The monoisotopic (exact) mass is 481 g/mol. The Hall–Kier alpha value is -3.48. The van der Waals surface area contributed by atoms with Crippen molar-refractivity contribution in [2.24, 2.45) is 0 Å². The molecular weight excluding hydrogens is 448 g/mol. The van der Waals surface area contributed by atoms with Crippen LogP contribution in [0.25, 0.3) is 11.0 Å². The Balaban J connectivity index is 1.25. The molecule has 6 nitrogen and oxygen atoms in total. The topological polar surface area (TPSA) is 64.4 Å². The number of nitrogens with zero attached hydrogens (tertiary/aromatic N) is 4. The standard InChI is InChI=1S/C30H34N4O2/c1-23-31-27-21-24(14-15-28(27)34(23)16-8-13-29(35)36)22-32-17-19-33(20-18-32)30(25-9-4-2-5-10-25)26-11-6-3-7-12-26/h2-7,9-12,14-15,21,30H,8,13,16-20,22H2,1H3,(H,35,36)/p-1. The predicted molar refractivity (Wildman–Crippen MR) is 140 cm³/mol. The van der Waals surface area contributed by atoms with Gasteiger partial charge in [0, 0.05) is 45.2 Å². The maximum absolute atomic E-state index is 10.8. The smallest absolute Gasteiger partial charge is 0.106 e. The Kier molecular flexibility index (Phi) is 7.44. The molecule has 0 saturated carbocycles. The highest BCUT2D eigenvalue weighted by Gasteiger charge is 2.26. The molecule has 0 atom stereocenters. The van der Waals surface area contributed by atoms with E-state index in [1.54, 1.807) is 0 Å². The average Bonchev–Trinajstić information content (AvgIpc) is 3.20. The van der Waals surface area contributed by atoms with Crippen LogP contribution in [0.15, 0.2) is 78.9 Å². The molecule has 6 heteroatoms. The summed E-state index contributed by atoms with van der Waals surface area (Å²) >= 11 is 0. The fourth-order valence-corrected chi connectivity index (χ4v) is 5.38. The first-order chi connectivity index (χ1) is 17.6. The van der Waals surface area contributed by atoms with E-state index in [4.69, 9.17) is 4.98 Å². The van der Waals surface area contributed by atoms with Crippen LogP contribution in [0, 0.1) is 6.92 Å². The van der Waals surface area contributed by atoms with Gasteiger partial charge in [0.15, 0.2) is 0 Å². The summed E-state index contributed by atoms with van der Waals surface area (Å²) in [5.74, 6) is -0.0831. The van der Waals surface area contributed by atoms with Crippen molar-refractivity contribution in [3.05, 3.63) is 101 Å². The molecule has 0 unspecified atom stereocenters. The van der Waals surface area contributed by atoms with Gasteiger partial charge in [-0.3, -0.25) is 9.80 Å². The maximum Gasteiger partial charge on any atom is 0.106 e. The first kappa shape index (κ1) is 24.2. The molecule has 0 amide bonds. The number of aliphatic carboxylic acids is 1. The van der Waals surface area contributed by atoms with E-state index >= 15 is 0 Å². The van der Waals surface area contributed by atoms with Gasteiger partial charge in [0.2, 0.25) is 0 Å². The number of hydrogen-bond donors (Lipinski definition) is 0. The van der Waals surface area contributed by atoms with Gasteiger partial charge in [0.1, 0.15) is 5.82 Å². The number of hydrogen-bond acceptors (Lipinski definition) is 5. The van der Waals surface area contributed by atoms with Gasteiger partial charge in [-0.25, -0.2) is 4.98 Å². The molecule has 186 valence electrons. The number of fused-ring (bicyclic) bond motifs is 1. The second-order valence-electron chi connectivity index (χ2n) is 9.65. The predicted octanol–water partition coefficient (Wildman–Crippen LogP) is 3.78. The highest BCUT2D eigenvalue weighted by atomic mass is 16.4. The number of benzene rings is 3. The largest absolute Gasteiger partial charge is 0.550 e. The third-order valence-electron chi connectivity index (χ3n) is 7.17. The summed E-state index contributed by atoms with van der Waals surface area (Å²) in [7, 11) is 0. The molecule has 3 aromatic carbocycles. The Morgan fingerprint density at radius 3 is 2.17 bits per heavy atom. The Morgan fingerprint density at radius 1 is 0.917 bits per heavy atom. The van der Waals surface area contributed by atoms with Crippen molar-refractivity contribution in [1.29, 1.82) is 0 Å². The van der Waals surface area contributed by atoms with Crippen LogP contribution in [0.3, 0.4) is 0 Å². The molecule has 0 spiro atoms. The molecular formula is C30H33N4O2-. The number of aromatic nitrogens is 2. The number of carboxylic acids is 1. The van der Waals surface area contributed by atoms with Crippen LogP contribution < -0.4 is 5.11 Å². The molecule has 0 aliphatic carbocycles. The fourth-order valence-electron chi connectivity index (χ4n) is 5.38. The van der Waals surface area contributed by atoms with Crippen LogP contribution >= 0.6 is 0 Å². The molecule has 36 heavy (non-hydrogen) atoms. The van der Waals surface area contributed by atoms with Crippen molar-refractivity contribution >= 4 is 17.0 Å². The summed E-state index contributed by atoms with van der Waals surface area (Å²) < 4.78 is 2.11. The van der Waals surface area contributed by atoms with E-state index in [1.807, 2.05) is 6.92 Å². The zero-order valence-corrected chi connectivity index (χ0v) is 20.8. The van der Waals surface area contributed by atoms with E-state index in [2.05, 4.69) is 93.2 Å². The first-order valence-electron chi connectivity index (χ1n) is 12.8. The van der Waals surface area contributed by atoms with Gasteiger partial charge in [-0.1, -0.05) is 66.7 Å². The van der Waals surface area contributed by atoms with E-state index in [0.29, 0.717) is 13.0 Å². The van der Waals surface area contributed by atoms with Crippen LogP contribution in [0.4, 0.5) is 0 Å². The number of piperazine rings is 1. The lowest BCUT2D eigenvalue weighted by atomic mass is 9.96. The van der Waals surface area contributed by atoms with E-state index in [9.17, 15) is 9.90 Å². The van der Waals surface area contributed by atoms with Crippen LogP contribution in [0.5, 0.6) is 0 Å². The number of rotatable bonds is 9. The minimum absolute atomic E-state index is 0.0680. The molecule has 5 rings (SSSR count). The molecule has 0 radical (unpaired) electrons. The summed E-state index contributed by atoms with van der Waals surface area (Å²) in [5.41, 5.74) is 5.98. The van der Waals surface area contributed by atoms with Gasteiger partial charge in [0.25, 0.3) is 0 Å². The van der Waals surface area contributed by atoms with E-state index < -0.39 is 5.97 Å². The number of carboxylic acid groups (broad SMARTS) is 1. The van der Waals surface area contributed by atoms with E-state index in [1.165, 1.54) is 16.7 Å². The van der Waals surface area contributed by atoms with Gasteiger partial charge in [0.05, 0.1) is 17.1 Å². The zero-order valence-electron chi connectivity index (χ0n) is 20.8. The molecule has 0 N–H and O–H groups in total. The molecule has 1 fully saturated rings. The SMILES string of the molecule is Cc1nc2cc(CN3CCN(C(c4ccccc4)c4ccccc4)CC3)ccc2n1CCCC(=O)[O-]. The average molecular weight is 482 g/mol. The van der Waals surface area contributed by atoms with Crippen molar-refractivity contribution in [1.82, 2.24) is 19.4 Å². The Bertz CT molecular complexity index is 1260. The zero-order chi connectivity index (χ0) is 24.9. The lowest BCUT2D eigenvalue weighted by molar-refractivity contribution is -0.305. The molecule has 1 saturated heterocycles. The summed E-state index contributed by atoms with van der Waals surface area (Å²) in [6.07, 6.45) is 0.617. The van der Waals surface area contributed by atoms with E-state index in [-0.39, 0.29) is 12.5 Å². The number of imidazole rings is 1. The fraction of sp³-hybridized carbons (Fsp3) is 0.333. The van der Waals surface area contributed by atoms with Crippen LogP contribution in [0.1, 0.15) is 41.4 Å². The summed E-state index contributed by atoms with van der Waals surface area (Å²) in [4.78, 5) is 20.6. The second-order valence-corrected chi connectivity index (χ2v) is 9.65. The third kappa shape index (κ3) is 5.50. The van der Waals surface area contributed by atoms with Crippen LogP contribution in [-0.2, 0) is 17.9 Å². The van der Waals surface area contributed by atoms with Crippen molar-refractivity contribution in [3.63, 3.8) is 0 Å². The quantitative estimate of drug-likeness (QED) is 0.364. The maximum atomic E-state index is 10.8. The van der Waals surface area contributed by atoms with Gasteiger partial charge in [-0.05, 0) is 48.6 Å². The normalized spacial score (nSPS) is 15.1. The van der Waals surface area contributed by atoms with Crippen molar-refractivity contribution < 1.29 is 9.90 Å².